The number of carbonyl (C=O) groups excluding carboxylic acids is 2. The van der Waals surface area contributed by atoms with Crippen LogP contribution in [-0.2, 0) is 6.54 Å². The van der Waals surface area contributed by atoms with Crippen LogP contribution in [0.2, 0.25) is 0 Å². The van der Waals surface area contributed by atoms with Crippen LogP contribution in [0.4, 0.5) is 4.79 Å². The summed E-state index contributed by atoms with van der Waals surface area (Å²) in [6, 6.07) is 23.2. The molecule has 4 rings (SSSR count). The van der Waals surface area contributed by atoms with E-state index in [0.29, 0.717) is 29.4 Å². The fraction of sp³-hybridized carbons (Fsp3) is 0.0833. The molecule has 2 N–H and O–H groups in total. The van der Waals surface area contributed by atoms with Gasteiger partial charge in [0.15, 0.2) is 5.82 Å². The predicted octanol–water partition coefficient (Wildman–Crippen LogP) is 3.94. The monoisotopic (exact) mass is 427 g/mol. The number of aromatic nitrogens is 3. The Kier molecular flexibility index (Phi) is 5.94. The Balaban J connectivity index is 1.41. The first kappa shape index (κ1) is 20.8. The Labute approximate surface area is 184 Å². The number of primary amides is 1. The van der Waals surface area contributed by atoms with Crippen molar-refractivity contribution in [2.75, 3.05) is 7.05 Å². The highest BCUT2D eigenvalue weighted by atomic mass is 16.5. The molecule has 0 spiro atoms. The molecule has 0 atom stereocenters. The van der Waals surface area contributed by atoms with Crippen molar-refractivity contribution < 1.29 is 14.3 Å². The minimum absolute atomic E-state index is 0.271. The van der Waals surface area contributed by atoms with Crippen LogP contribution in [0.25, 0.3) is 11.4 Å². The second-order valence-corrected chi connectivity index (χ2v) is 7.15. The number of ether oxygens (including phenoxy) is 1. The van der Waals surface area contributed by atoms with Gasteiger partial charge in [-0.25, -0.2) is 9.78 Å². The first-order valence-corrected chi connectivity index (χ1v) is 9.89. The second kappa shape index (κ2) is 9.13. The highest BCUT2D eigenvalue weighted by Crippen LogP contribution is 2.24. The van der Waals surface area contributed by atoms with Crippen molar-refractivity contribution in [3.63, 3.8) is 0 Å². The van der Waals surface area contributed by atoms with Crippen molar-refractivity contribution in [2.24, 2.45) is 5.73 Å². The summed E-state index contributed by atoms with van der Waals surface area (Å²) >= 11 is 0. The molecule has 1 heterocycles. The first-order chi connectivity index (χ1) is 15.5. The van der Waals surface area contributed by atoms with Crippen LogP contribution in [0.1, 0.15) is 15.9 Å². The third-order valence-corrected chi connectivity index (χ3v) is 4.76. The molecule has 160 valence electrons. The van der Waals surface area contributed by atoms with Gasteiger partial charge in [0.2, 0.25) is 5.91 Å². The first-order valence-electron chi connectivity index (χ1n) is 9.89. The predicted molar refractivity (Wildman–Crippen MR) is 119 cm³/mol. The third-order valence-electron chi connectivity index (χ3n) is 4.76. The molecule has 0 saturated carbocycles. The van der Waals surface area contributed by atoms with E-state index in [1.807, 2.05) is 42.5 Å². The lowest BCUT2D eigenvalue weighted by Crippen LogP contribution is -2.31. The standard InChI is InChI=1S/C24H21N5O3/c1-28(15-17-5-3-2-4-6-17)24(31)29-16-26-23(27-29)19-9-13-21(14-10-19)32-20-11-7-18(8-12-20)22(25)30/h2-14,16H,15H2,1H3,(H2,25,30). The number of hydrogen-bond acceptors (Lipinski definition) is 5. The van der Waals surface area contributed by atoms with Crippen molar-refractivity contribution in [2.45, 2.75) is 6.54 Å². The molecular weight excluding hydrogens is 406 g/mol. The van der Waals surface area contributed by atoms with Gasteiger partial charge in [-0.1, -0.05) is 30.3 Å². The zero-order valence-corrected chi connectivity index (χ0v) is 17.4. The molecule has 0 fully saturated rings. The number of nitrogens with zero attached hydrogens (tertiary/aromatic N) is 4. The topological polar surface area (TPSA) is 103 Å². The van der Waals surface area contributed by atoms with Crippen molar-refractivity contribution >= 4 is 11.9 Å². The van der Waals surface area contributed by atoms with Gasteiger partial charge in [0.05, 0.1) is 0 Å². The van der Waals surface area contributed by atoms with E-state index in [1.54, 1.807) is 48.3 Å². The van der Waals surface area contributed by atoms with Crippen LogP contribution < -0.4 is 10.5 Å². The average Bonchev–Trinajstić information content (AvgIpc) is 3.30. The minimum Gasteiger partial charge on any atom is -0.457 e. The summed E-state index contributed by atoms with van der Waals surface area (Å²) in [6.07, 6.45) is 1.41. The van der Waals surface area contributed by atoms with Crippen LogP contribution in [0.15, 0.2) is 85.2 Å². The summed E-state index contributed by atoms with van der Waals surface area (Å²) in [5, 5.41) is 4.31. The van der Waals surface area contributed by atoms with E-state index >= 15 is 0 Å². The molecular formula is C24H21N5O3. The lowest BCUT2D eigenvalue weighted by Gasteiger charge is -2.16. The van der Waals surface area contributed by atoms with Gasteiger partial charge in [0.25, 0.3) is 0 Å². The molecule has 0 bridgehead atoms. The Morgan fingerprint density at radius 3 is 2.19 bits per heavy atom. The van der Waals surface area contributed by atoms with Gasteiger partial charge in [-0.15, -0.1) is 5.10 Å². The van der Waals surface area contributed by atoms with Crippen LogP contribution in [0, 0.1) is 0 Å². The number of nitrogens with two attached hydrogens (primary N) is 1. The smallest absolute Gasteiger partial charge is 0.346 e. The third kappa shape index (κ3) is 4.81. The van der Waals surface area contributed by atoms with Gasteiger partial charge in [0, 0.05) is 24.7 Å². The molecule has 0 aliphatic rings. The van der Waals surface area contributed by atoms with Crippen LogP contribution in [-0.4, -0.2) is 38.7 Å². The molecule has 8 nitrogen and oxygen atoms in total. The maximum Gasteiger partial charge on any atom is 0.346 e. The SMILES string of the molecule is CN(Cc1ccccc1)C(=O)n1cnc(-c2ccc(Oc3ccc(C(N)=O)cc3)cc2)n1. The van der Waals surface area contributed by atoms with Crippen molar-refractivity contribution in [3.05, 3.63) is 96.3 Å². The van der Waals surface area contributed by atoms with E-state index in [4.69, 9.17) is 10.5 Å². The maximum absolute atomic E-state index is 12.7. The Hall–Kier alpha value is -4.46. The summed E-state index contributed by atoms with van der Waals surface area (Å²) < 4.78 is 7.00. The summed E-state index contributed by atoms with van der Waals surface area (Å²) in [4.78, 5) is 29.6. The molecule has 1 aromatic heterocycles. The van der Waals surface area contributed by atoms with Crippen molar-refractivity contribution in [3.8, 4) is 22.9 Å². The molecule has 32 heavy (non-hydrogen) atoms. The molecule has 2 amide bonds. The summed E-state index contributed by atoms with van der Waals surface area (Å²) in [6.45, 7) is 0.474. The molecule has 0 unspecified atom stereocenters. The molecule has 8 heteroatoms. The lowest BCUT2D eigenvalue weighted by molar-refractivity contribution is 0.1000. The number of carbonyl (C=O) groups is 2. The Morgan fingerprint density at radius 1 is 0.938 bits per heavy atom. The van der Waals surface area contributed by atoms with E-state index in [1.165, 1.54) is 11.0 Å². The Bertz CT molecular complexity index is 1220. The lowest BCUT2D eigenvalue weighted by atomic mass is 10.2. The van der Waals surface area contributed by atoms with Gasteiger partial charge in [-0.05, 0) is 54.1 Å². The van der Waals surface area contributed by atoms with E-state index in [2.05, 4.69) is 10.1 Å². The van der Waals surface area contributed by atoms with Gasteiger partial charge >= 0.3 is 6.03 Å². The molecule has 0 aliphatic carbocycles. The molecule has 0 radical (unpaired) electrons. The Morgan fingerprint density at radius 2 is 1.56 bits per heavy atom. The van der Waals surface area contributed by atoms with E-state index < -0.39 is 5.91 Å². The van der Waals surface area contributed by atoms with Crippen LogP contribution in [0.5, 0.6) is 11.5 Å². The summed E-state index contributed by atoms with van der Waals surface area (Å²) in [7, 11) is 1.72. The number of rotatable bonds is 6. The zero-order valence-electron chi connectivity index (χ0n) is 17.4. The van der Waals surface area contributed by atoms with E-state index in [9.17, 15) is 9.59 Å². The quantitative estimate of drug-likeness (QED) is 0.502. The van der Waals surface area contributed by atoms with Crippen LogP contribution in [0.3, 0.4) is 0 Å². The normalized spacial score (nSPS) is 10.5. The van der Waals surface area contributed by atoms with Gasteiger partial charge in [-0.2, -0.15) is 4.68 Å². The number of amides is 2. The highest BCUT2D eigenvalue weighted by molar-refractivity contribution is 5.92. The van der Waals surface area contributed by atoms with Crippen molar-refractivity contribution in [1.29, 1.82) is 0 Å². The van der Waals surface area contributed by atoms with Crippen molar-refractivity contribution in [1.82, 2.24) is 19.7 Å². The average molecular weight is 427 g/mol. The molecule has 3 aromatic carbocycles. The summed E-state index contributed by atoms with van der Waals surface area (Å²) in [5.74, 6) is 1.14. The second-order valence-electron chi connectivity index (χ2n) is 7.15. The summed E-state index contributed by atoms with van der Waals surface area (Å²) in [5.41, 5.74) is 7.44. The van der Waals surface area contributed by atoms with E-state index in [0.717, 1.165) is 11.1 Å². The van der Waals surface area contributed by atoms with Crippen LogP contribution >= 0.6 is 0 Å². The molecule has 0 aliphatic heterocycles. The fourth-order valence-corrected chi connectivity index (χ4v) is 3.08. The minimum atomic E-state index is -0.488. The van der Waals surface area contributed by atoms with E-state index in [-0.39, 0.29) is 6.03 Å². The zero-order chi connectivity index (χ0) is 22.5. The molecule has 4 aromatic rings. The number of benzene rings is 3. The van der Waals surface area contributed by atoms with Gasteiger partial charge < -0.3 is 15.4 Å². The number of hydrogen-bond donors (Lipinski definition) is 1. The largest absolute Gasteiger partial charge is 0.457 e. The maximum atomic E-state index is 12.7. The highest BCUT2D eigenvalue weighted by Gasteiger charge is 2.15. The van der Waals surface area contributed by atoms with Gasteiger partial charge in [-0.3, -0.25) is 4.79 Å². The van der Waals surface area contributed by atoms with Gasteiger partial charge in [0.1, 0.15) is 17.8 Å². The molecule has 0 saturated heterocycles. The fourth-order valence-electron chi connectivity index (χ4n) is 3.08.